The second kappa shape index (κ2) is 7.76. The van der Waals surface area contributed by atoms with E-state index in [2.05, 4.69) is 0 Å². The Morgan fingerprint density at radius 2 is 1.78 bits per heavy atom. The Balaban J connectivity index is 1.81. The van der Waals surface area contributed by atoms with Gasteiger partial charge in [-0.25, -0.2) is 0 Å². The largest absolute Gasteiger partial charge is 0.496 e. The van der Waals surface area contributed by atoms with Crippen molar-refractivity contribution in [2.75, 3.05) is 33.9 Å². The van der Waals surface area contributed by atoms with Crippen LogP contribution in [0.2, 0.25) is 0 Å². The van der Waals surface area contributed by atoms with Gasteiger partial charge in [0.2, 0.25) is 5.91 Å². The van der Waals surface area contributed by atoms with Crippen molar-refractivity contribution >= 4 is 11.9 Å². The second-order valence-electron chi connectivity index (χ2n) is 7.61. The number of carboxylic acids is 1. The summed E-state index contributed by atoms with van der Waals surface area (Å²) in [5, 5.41) is 9.80. The number of aliphatic carboxylic acids is 1. The third-order valence-electron chi connectivity index (χ3n) is 6.05. The maximum Gasteiger partial charge on any atom is 0.320 e. The molecule has 148 valence electrons. The number of carbonyl (C=O) groups is 2. The number of hydrogen-bond donors (Lipinski definition) is 1. The van der Waals surface area contributed by atoms with Crippen molar-refractivity contribution in [2.45, 2.75) is 38.8 Å². The molecule has 1 N–H and O–H groups in total. The topological polar surface area (TPSA) is 79.3 Å². The highest BCUT2D eigenvalue weighted by atomic mass is 16.5. The quantitative estimate of drug-likeness (QED) is 0.847. The van der Waals surface area contributed by atoms with E-state index in [4.69, 9.17) is 9.47 Å². The molecule has 0 aliphatic carbocycles. The third kappa shape index (κ3) is 3.88. The predicted molar refractivity (Wildman–Crippen MR) is 99.9 cm³/mol. The van der Waals surface area contributed by atoms with Crippen LogP contribution in [0.15, 0.2) is 18.2 Å². The van der Waals surface area contributed by atoms with Crippen molar-refractivity contribution in [3.05, 3.63) is 23.8 Å². The zero-order valence-electron chi connectivity index (χ0n) is 16.2. The molecule has 27 heavy (non-hydrogen) atoms. The summed E-state index contributed by atoms with van der Waals surface area (Å²) < 4.78 is 10.9. The van der Waals surface area contributed by atoms with Crippen LogP contribution in [-0.2, 0) is 16.1 Å². The number of carboxylic acid groups (broad SMARTS) is 1. The minimum Gasteiger partial charge on any atom is -0.496 e. The van der Waals surface area contributed by atoms with Crippen LogP contribution in [0.25, 0.3) is 0 Å². The second-order valence-corrected chi connectivity index (χ2v) is 7.61. The lowest BCUT2D eigenvalue weighted by atomic mass is 9.76. The number of amides is 1. The van der Waals surface area contributed by atoms with Gasteiger partial charge in [-0.2, -0.15) is 0 Å². The van der Waals surface area contributed by atoms with Crippen molar-refractivity contribution in [1.82, 2.24) is 9.80 Å². The van der Waals surface area contributed by atoms with Gasteiger partial charge in [-0.3, -0.25) is 14.5 Å². The fourth-order valence-corrected chi connectivity index (χ4v) is 4.50. The monoisotopic (exact) mass is 376 g/mol. The minimum atomic E-state index is -0.797. The molecular weight excluding hydrogens is 348 g/mol. The number of hydrogen-bond acceptors (Lipinski definition) is 5. The molecule has 2 fully saturated rings. The first kappa shape index (κ1) is 19.5. The summed E-state index contributed by atoms with van der Waals surface area (Å²) in [6.07, 6.45) is 2.30. The molecule has 0 bridgehead atoms. The van der Waals surface area contributed by atoms with E-state index in [0.717, 1.165) is 18.4 Å². The Bertz CT molecular complexity index is 690. The average Bonchev–Trinajstić information content (AvgIpc) is 3.00. The van der Waals surface area contributed by atoms with Crippen LogP contribution < -0.4 is 9.47 Å². The molecule has 0 saturated carbocycles. The predicted octanol–water partition coefficient (Wildman–Crippen LogP) is 1.99. The van der Waals surface area contributed by atoms with Gasteiger partial charge in [0.1, 0.15) is 17.5 Å². The van der Waals surface area contributed by atoms with Crippen LogP contribution in [0.5, 0.6) is 11.5 Å². The van der Waals surface area contributed by atoms with Crippen LogP contribution in [0.3, 0.4) is 0 Å². The smallest absolute Gasteiger partial charge is 0.320 e. The highest BCUT2D eigenvalue weighted by molar-refractivity contribution is 5.74. The number of piperidine rings is 1. The van der Waals surface area contributed by atoms with Crippen LogP contribution in [0, 0.1) is 5.41 Å². The molecule has 7 nitrogen and oxygen atoms in total. The molecule has 2 heterocycles. The summed E-state index contributed by atoms with van der Waals surface area (Å²) in [6.45, 7) is 4.16. The lowest BCUT2D eigenvalue weighted by molar-refractivity contribution is -0.142. The van der Waals surface area contributed by atoms with Gasteiger partial charge in [0.05, 0.1) is 19.8 Å². The minimum absolute atomic E-state index is 0.0513. The van der Waals surface area contributed by atoms with Gasteiger partial charge in [-0.05, 0) is 36.8 Å². The van der Waals surface area contributed by atoms with Gasteiger partial charge in [0, 0.05) is 33.1 Å². The Kier molecular flexibility index (Phi) is 5.60. The van der Waals surface area contributed by atoms with Crippen molar-refractivity contribution in [3.8, 4) is 11.5 Å². The first-order valence-electron chi connectivity index (χ1n) is 9.31. The zero-order valence-corrected chi connectivity index (χ0v) is 16.2. The summed E-state index contributed by atoms with van der Waals surface area (Å²) in [5.41, 5.74) is 0.816. The Morgan fingerprint density at radius 3 is 2.26 bits per heavy atom. The molecule has 1 atom stereocenters. The van der Waals surface area contributed by atoms with E-state index in [0.29, 0.717) is 44.1 Å². The van der Waals surface area contributed by atoms with Crippen molar-refractivity contribution < 1.29 is 24.2 Å². The molecule has 2 aliphatic rings. The standard InChI is InChI=1S/C20H28N2O5/c1-14(23)21-9-7-20(8-10-21)11-16(19(24)25)22(13-20)12-15-17(26-2)5-4-6-18(15)27-3/h4-6,16H,7-13H2,1-3H3,(H,24,25). The SMILES string of the molecule is COc1cccc(OC)c1CN1CC2(CCN(C(C)=O)CC2)CC1C(=O)O. The number of rotatable bonds is 5. The normalized spacial score (nSPS) is 22.0. The molecule has 2 aliphatic heterocycles. The zero-order chi connectivity index (χ0) is 19.6. The van der Waals surface area contributed by atoms with Crippen LogP contribution >= 0.6 is 0 Å². The van der Waals surface area contributed by atoms with Gasteiger partial charge >= 0.3 is 5.97 Å². The van der Waals surface area contributed by atoms with Crippen molar-refractivity contribution in [3.63, 3.8) is 0 Å². The van der Waals surface area contributed by atoms with Gasteiger partial charge in [0.15, 0.2) is 0 Å². The Hall–Kier alpha value is -2.28. The van der Waals surface area contributed by atoms with E-state index in [1.54, 1.807) is 21.1 Å². The molecule has 1 amide bonds. The third-order valence-corrected chi connectivity index (χ3v) is 6.05. The van der Waals surface area contributed by atoms with Crippen LogP contribution in [0.4, 0.5) is 0 Å². The van der Waals surface area contributed by atoms with E-state index in [1.807, 2.05) is 28.0 Å². The van der Waals surface area contributed by atoms with Gasteiger partial charge in [-0.1, -0.05) is 6.07 Å². The molecule has 0 radical (unpaired) electrons. The van der Waals surface area contributed by atoms with Crippen molar-refractivity contribution in [1.29, 1.82) is 0 Å². The number of methoxy groups -OCH3 is 2. The summed E-state index contributed by atoms with van der Waals surface area (Å²) in [4.78, 5) is 27.4. The maximum atomic E-state index is 11.9. The summed E-state index contributed by atoms with van der Waals surface area (Å²) in [6, 6.07) is 5.05. The number of nitrogens with zero attached hydrogens (tertiary/aromatic N) is 2. The molecule has 1 aromatic rings. The fraction of sp³-hybridized carbons (Fsp3) is 0.600. The molecule has 7 heteroatoms. The molecule has 2 saturated heterocycles. The van der Waals surface area contributed by atoms with Gasteiger partial charge in [-0.15, -0.1) is 0 Å². The highest BCUT2D eigenvalue weighted by Crippen LogP contribution is 2.45. The Morgan fingerprint density at radius 1 is 1.19 bits per heavy atom. The summed E-state index contributed by atoms with van der Waals surface area (Å²) in [7, 11) is 3.21. The lowest BCUT2D eigenvalue weighted by Gasteiger charge is -2.39. The first-order valence-corrected chi connectivity index (χ1v) is 9.31. The van der Waals surface area contributed by atoms with E-state index < -0.39 is 12.0 Å². The first-order chi connectivity index (χ1) is 12.9. The van der Waals surface area contributed by atoms with E-state index in [9.17, 15) is 14.7 Å². The molecule has 0 aromatic heterocycles. The summed E-state index contributed by atoms with van der Waals surface area (Å²) in [5.74, 6) is 0.694. The number of likely N-dealkylation sites (tertiary alicyclic amines) is 2. The van der Waals surface area contributed by atoms with Crippen LogP contribution in [0.1, 0.15) is 31.7 Å². The van der Waals surface area contributed by atoms with E-state index in [1.165, 1.54) is 0 Å². The molecule has 1 spiro atoms. The summed E-state index contributed by atoms with van der Waals surface area (Å²) >= 11 is 0. The molecule has 1 unspecified atom stereocenters. The number of benzene rings is 1. The number of carbonyl (C=O) groups excluding carboxylic acids is 1. The molecule has 1 aromatic carbocycles. The van der Waals surface area contributed by atoms with Crippen molar-refractivity contribution in [2.24, 2.45) is 5.41 Å². The fourth-order valence-electron chi connectivity index (χ4n) is 4.50. The molecule has 3 rings (SSSR count). The lowest BCUT2D eigenvalue weighted by Crippen LogP contribution is -2.43. The average molecular weight is 376 g/mol. The van der Waals surface area contributed by atoms with Crippen LogP contribution in [-0.4, -0.2) is 66.7 Å². The van der Waals surface area contributed by atoms with E-state index >= 15 is 0 Å². The Labute approximate surface area is 159 Å². The molecular formula is C20H28N2O5. The number of ether oxygens (including phenoxy) is 2. The van der Waals surface area contributed by atoms with Gasteiger partial charge < -0.3 is 19.5 Å². The maximum absolute atomic E-state index is 11.9. The van der Waals surface area contributed by atoms with Gasteiger partial charge in [0.25, 0.3) is 0 Å². The highest BCUT2D eigenvalue weighted by Gasteiger charge is 2.48. The van der Waals surface area contributed by atoms with E-state index in [-0.39, 0.29) is 11.3 Å².